The molecule has 0 spiro atoms. The fourth-order valence-electron chi connectivity index (χ4n) is 0. The van der Waals surface area contributed by atoms with Gasteiger partial charge in [-0.3, -0.25) is 0 Å². The van der Waals surface area contributed by atoms with Crippen molar-refractivity contribution in [2.75, 3.05) is 0 Å². The fourth-order valence-corrected chi connectivity index (χ4v) is 0. The third-order valence-electron chi connectivity index (χ3n) is 0.348. The van der Waals surface area contributed by atoms with E-state index in [9.17, 15) is 0 Å². The highest BCUT2D eigenvalue weighted by atomic mass is 35.5. The molecule has 0 fully saturated rings. The van der Waals surface area contributed by atoms with Crippen molar-refractivity contribution in [3.8, 4) is 0 Å². The van der Waals surface area contributed by atoms with Gasteiger partial charge in [0.2, 0.25) is 0 Å². The molecule has 0 aromatic rings. The Balaban J connectivity index is 0. The van der Waals surface area contributed by atoms with Crippen molar-refractivity contribution in [3.63, 3.8) is 0 Å². The van der Waals surface area contributed by atoms with E-state index in [0.717, 1.165) is 5.57 Å². The Hall–Kier alpha value is -0.760. The Kier molecular flexibility index (Phi) is 8.92. The van der Waals surface area contributed by atoms with E-state index in [4.69, 9.17) is 9.90 Å². The lowest BCUT2D eigenvalue weighted by Gasteiger charge is -1.71. The minimum absolute atomic E-state index is 1.02. The van der Waals surface area contributed by atoms with Gasteiger partial charge in [-0.2, -0.15) is 0 Å². The largest absolute Gasteiger partial charge is 0.469 e. The van der Waals surface area contributed by atoms with Crippen LogP contribution in [0.3, 0.4) is 0 Å². The molecule has 0 saturated carbocycles. The molecule has 1 N–H and O–H groups in total. The molecule has 0 rings (SSSR count). The smallest absolute Gasteiger partial charge is 0.401 e. The molecule has 0 aliphatic rings. The fraction of sp³-hybridized carbons (Fsp3) is 0.167. The Labute approximate surface area is 59.4 Å². The standard InChI is InChI=1S/C5H8.CHClO2/c1-4-5(2)3;2-1(3)4/h4H,1-2H2,3H3;(H,3,4). The lowest BCUT2D eigenvalue weighted by Crippen LogP contribution is -1.66. The third kappa shape index (κ3) is 129. The topological polar surface area (TPSA) is 37.3 Å². The van der Waals surface area contributed by atoms with Gasteiger partial charge in [-0.25, -0.2) is 4.79 Å². The highest BCUT2D eigenvalue weighted by molar-refractivity contribution is 6.60. The predicted molar refractivity (Wildman–Crippen MR) is 38.9 cm³/mol. The molecule has 9 heavy (non-hydrogen) atoms. The van der Waals surface area contributed by atoms with Crippen LogP contribution in [0.1, 0.15) is 6.92 Å². The van der Waals surface area contributed by atoms with Crippen LogP contribution in [0, 0.1) is 0 Å². The molecule has 0 amide bonds. The Morgan fingerprint density at radius 3 is 1.89 bits per heavy atom. The molecule has 2 nitrogen and oxygen atoms in total. The molecule has 0 atom stereocenters. The molecule has 0 aromatic carbocycles. The second-order valence-corrected chi connectivity index (χ2v) is 1.63. The maximum Gasteiger partial charge on any atom is 0.401 e. The SMILES string of the molecule is C=CC(=C)C.O=C(O)Cl. The number of carboxylic acid groups (broad SMARTS) is 1. The average molecular weight is 149 g/mol. The maximum atomic E-state index is 8.77. The van der Waals surface area contributed by atoms with Crippen molar-refractivity contribution in [2.24, 2.45) is 0 Å². The maximum absolute atomic E-state index is 8.77. The molecular weight excluding hydrogens is 140 g/mol. The van der Waals surface area contributed by atoms with E-state index in [2.05, 4.69) is 24.8 Å². The zero-order valence-electron chi connectivity index (χ0n) is 5.22. The second kappa shape index (κ2) is 7.24. The molecule has 0 aliphatic heterocycles. The van der Waals surface area contributed by atoms with Crippen molar-refractivity contribution in [1.29, 1.82) is 0 Å². The van der Waals surface area contributed by atoms with E-state index in [0.29, 0.717) is 0 Å². The van der Waals surface area contributed by atoms with Gasteiger partial charge in [0.25, 0.3) is 0 Å². The van der Waals surface area contributed by atoms with Crippen molar-refractivity contribution in [2.45, 2.75) is 6.92 Å². The van der Waals surface area contributed by atoms with E-state index in [1.807, 2.05) is 6.92 Å². The van der Waals surface area contributed by atoms with Gasteiger partial charge in [-0.05, 0) is 6.92 Å². The first-order chi connectivity index (χ1) is 4.00. The van der Waals surface area contributed by atoms with Gasteiger partial charge in [0, 0.05) is 11.6 Å². The Morgan fingerprint density at radius 1 is 1.78 bits per heavy atom. The van der Waals surface area contributed by atoms with Gasteiger partial charge in [0.05, 0.1) is 0 Å². The zero-order valence-corrected chi connectivity index (χ0v) is 5.98. The minimum Gasteiger partial charge on any atom is -0.469 e. The predicted octanol–water partition coefficient (Wildman–Crippen LogP) is 2.65. The quantitative estimate of drug-likeness (QED) is 0.459. The van der Waals surface area contributed by atoms with Crippen molar-refractivity contribution >= 4 is 17.0 Å². The van der Waals surface area contributed by atoms with Gasteiger partial charge in [-0.1, -0.05) is 24.8 Å². The number of rotatable bonds is 1. The van der Waals surface area contributed by atoms with Crippen LogP contribution in [0.2, 0.25) is 0 Å². The van der Waals surface area contributed by atoms with E-state index < -0.39 is 5.43 Å². The molecule has 0 unspecified atom stereocenters. The molecular formula is C6H9ClO2. The number of carbonyl (C=O) groups is 1. The summed E-state index contributed by atoms with van der Waals surface area (Å²) < 4.78 is 0. The first-order valence-electron chi connectivity index (χ1n) is 2.17. The Bertz CT molecular complexity index is 114. The number of hydrogen-bond acceptors (Lipinski definition) is 1. The summed E-state index contributed by atoms with van der Waals surface area (Å²) in [6.07, 6.45) is 1.72. The molecule has 3 heteroatoms. The van der Waals surface area contributed by atoms with E-state index in [1.54, 1.807) is 6.08 Å². The van der Waals surface area contributed by atoms with Crippen LogP contribution in [0.15, 0.2) is 24.8 Å². The highest BCUT2D eigenvalue weighted by Gasteiger charge is 1.71. The van der Waals surface area contributed by atoms with E-state index in [1.165, 1.54) is 0 Å². The van der Waals surface area contributed by atoms with Crippen LogP contribution in [0.5, 0.6) is 0 Å². The monoisotopic (exact) mass is 148 g/mol. The summed E-state index contributed by atoms with van der Waals surface area (Å²) in [6, 6.07) is 0. The second-order valence-electron chi connectivity index (χ2n) is 1.30. The van der Waals surface area contributed by atoms with Gasteiger partial charge < -0.3 is 5.11 Å². The molecule has 52 valence electrons. The number of hydrogen-bond donors (Lipinski definition) is 1. The van der Waals surface area contributed by atoms with Crippen molar-refractivity contribution in [1.82, 2.24) is 0 Å². The molecule has 0 aromatic heterocycles. The lowest BCUT2D eigenvalue weighted by molar-refractivity contribution is 0.220. The molecule has 0 radical (unpaired) electrons. The first kappa shape index (κ1) is 11.1. The molecule has 0 heterocycles. The van der Waals surface area contributed by atoms with Crippen LogP contribution < -0.4 is 0 Å². The van der Waals surface area contributed by atoms with Crippen LogP contribution in [-0.2, 0) is 0 Å². The number of halogens is 1. The van der Waals surface area contributed by atoms with Gasteiger partial charge in [0.15, 0.2) is 0 Å². The van der Waals surface area contributed by atoms with Crippen molar-refractivity contribution in [3.05, 3.63) is 24.8 Å². The highest BCUT2D eigenvalue weighted by Crippen LogP contribution is 1.81. The van der Waals surface area contributed by atoms with Gasteiger partial charge in [-0.15, -0.1) is 0 Å². The summed E-state index contributed by atoms with van der Waals surface area (Å²) in [6.45, 7) is 8.93. The first-order valence-corrected chi connectivity index (χ1v) is 2.55. The Morgan fingerprint density at radius 2 is 1.89 bits per heavy atom. The molecule has 0 bridgehead atoms. The van der Waals surface area contributed by atoms with Crippen LogP contribution in [-0.4, -0.2) is 10.5 Å². The summed E-state index contributed by atoms with van der Waals surface area (Å²) in [5.41, 5.74) is -0.343. The van der Waals surface area contributed by atoms with Crippen molar-refractivity contribution < 1.29 is 9.90 Å². The van der Waals surface area contributed by atoms with Crippen LogP contribution in [0.4, 0.5) is 4.79 Å². The van der Waals surface area contributed by atoms with E-state index in [-0.39, 0.29) is 0 Å². The summed E-state index contributed by atoms with van der Waals surface area (Å²) in [4.78, 5) is 8.77. The number of allylic oxidation sites excluding steroid dienone is 2. The van der Waals surface area contributed by atoms with Crippen LogP contribution in [0.25, 0.3) is 0 Å². The summed E-state index contributed by atoms with van der Waals surface area (Å²) in [7, 11) is 0. The average Bonchev–Trinajstić information content (AvgIpc) is 1.65. The summed E-state index contributed by atoms with van der Waals surface area (Å²) >= 11 is 4.19. The minimum atomic E-state index is -1.36. The van der Waals surface area contributed by atoms with Crippen LogP contribution >= 0.6 is 11.6 Å². The normalized spacial score (nSPS) is 6.44. The van der Waals surface area contributed by atoms with Gasteiger partial charge in [0.1, 0.15) is 0 Å². The molecule has 0 saturated heterocycles. The summed E-state index contributed by atoms with van der Waals surface area (Å²) in [5.74, 6) is 0. The lowest BCUT2D eigenvalue weighted by atomic mass is 10.4. The zero-order chi connectivity index (χ0) is 7.86. The molecule has 0 aliphatic carbocycles. The van der Waals surface area contributed by atoms with Gasteiger partial charge >= 0.3 is 5.43 Å². The van der Waals surface area contributed by atoms with E-state index >= 15 is 0 Å². The summed E-state index contributed by atoms with van der Waals surface area (Å²) in [5, 5.41) is 7.18. The third-order valence-corrected chi connectivity index (χ3v) is 0.348.